The summed E-state index contributed by atoms with van der Waals surface area (Å²) < 4.78 is 31.3. The van der Waals surface area contributed by atoms with Gasteiger partial charge in [0.25, 0.3) is 0 Å². The van der Waals surface area contributed by atoms with Crippen LogP contribution in [-0.4, -0.2) is 8.42 Å². The molecular weight excluding hydrogens is 322 g/mol. The summed E-state index contributed by atoms with van der Waals surface area (Å²) in [6.45, 7) is 6.12. The number of furan rings is 1. The number of para-hydroxylation sites is 1. The largest absolute Gasteiger partial charge is 0.447 e. The summed E-state index contributed by atoms with van der Waals surface area (Å²) in [6.07, 6.45) is 1.43. The van der Waals surface area contributed by atoms with Gasteiger partial charge < -0.3 is 4.42 Å². The van der Waals surface area contributed by atoms with Gasteiger partial charge >= 0.3 is 0 Å². The molecular formula is C19H17NO3S. The van der Waals surface area contributed by atoms with Gasteiger partial charge in [-0.25, -0.2) is 8.42 Å². The first-order valence-corrected chi connectivity index (χ1v) is 9.19. The molecule has 0 N–H and O–H groups in total. The van der Waals surface area contributed by atoms with Crippen molar-refractivity contribution in [1.29, 1.82) is 0 Å². The molecule has 0 radical (unpaired) electrons. The van der Waals surface area contributed by atoms with E-state index in [-0.39, 0.29) is 4.90 Å². The van der Waals surface area contributed by atoms with Gasteiger partial charge in [-0.05, 0) is 50.1 Å². The number of aryl methyl sites for hydroxylation is 3. The van der Waals surface area contributed by atoms with Crippen molar-refractivity contribution in [2.24, 2.45) is 0 Å². The lowest BCUT2D eigenvalue weighted by Gasteiger charge is -2.31. The first-order valence-electron chi connectivity index (χ1n) is 7.71. The standard InChI is InChI=1S/C19H17NO3S/c1-12-10-13(2)18(14(3)11-12)20-15-6-4-5-7-16(15)24(21,22)17-8-9-23-19(17)20/h4-11H,1-3H3. The topological polar surface area (TPSA) is 50.5 Å². The predicted octanol–water partition coefficient (Wildman–Crippen LogP) is 4.82. The quantitative estimate of drug-likeness (QED) is 0.499. The van der Waals surface area contributed by atoms with Crippen molar-refractivity contribution in [3.05, 3.63) is 65.4 Å². The molecule has 24 heavy (non-hydrogen) atoms. The molecule has 1 aliphatic rings. The van der Waals surface area contributed by atoms with Crippen LogP contribution in [0.5, 0.6) is 0 Å². The number of sulfone groups is 1. The number of hydrogen-bond donors (Lipinski definition) is 0. The molecule has 2 aromatic carbocycles. The van der Waals surface area contributed by atoms with E-state index in [1.807, 2.05) is 30.9 Å². The predicted molar refractivity (Wildman–Crippen MR) is 93.1 cm³/mol. The van der Waals surface area contributed by atoms with Crippen LogP contribution in [0, 0.1) is 20.8 Å². The molecule has 1 aliphatic heterocycles. The molecule has 5 heteroatoms. The minimum atomic E-state index is -3.57. The van der Waals surface area contributed by atoms with Gasteiger partial charge in [0.1, 0.15) is 4.90 Å². The fourth-order valence-corrected chi connectivity index (χ4v) is 5.03. The normalized spacial score (nSPS) is 15.0. The number of rotatable bonds is 1. The third kappa shape index (κ3) is 1.94. The third-order valence-corrected chi connectivity index (χ3v) is 6.17. The maximum Gasteiger partial charge on any atom is 0.223 e. The molecule has 0 amide bonds. The lowest BCUT2D eigenvalue weighted by atomic mass is 10.0. The zero-order valence-electron chi connectivity index (χ0n) is 13.7. The highest BCUT2D eigenvalue weighted by molar-refractivity contribution is 7.92. The van der Waals surface area contributed by atoms with Gasteiger partial charge in [0.2, 0.25) is 15.7 Å². The van der Waals surface area contributed by atoms with Gasteiger partial charge in [0, 0.05) is 0 Å². The molecule has 0 bridgehead atoms. The van der Waals surface area contributed by atoms with E-state index in [9.17, 15) is 8.42 Å². The highest BCUT2D eigenvalue weighted by Gasteiger charge is 2.38. The second-order valence-corrected chi connectivity index (χ2v) is 8.03. The Morgan fingerprint density at radius 1 is 0.917 bits per heavy atom. The highest BCUT2D eigenvalue weighted by Crippen LogP contribution is 2.49. The Hall–Kier alpha value is -2.53. The van der Waals surface area contributed by atoms with Gasteiger partial charge in [-0.3, -0.25) is 4.90 Å². The first-order chi connectivity index (χ1) is 11.4. The smallest absolute Gasteiger partial charge is 0.223 e. The van der Waals surface area contributed by atoms with E-state index >= 15 is 0 Å². The van der Waals surface area contributed by atoms with Crippen molar-refractivity contribution in [2.75, 3.05) is 4.90 Å². The van der Waals surface area contributed by atoms with Crippen LogP contribution < -0.4 is 4.90 Å². The van der Waals surface area contributed by atoms with Crippen molar-refractivity contribution in [3.8, 4) is 0 Å². The van der Waals surface area contributed by atoms with Crippen LogP contribution in [0.1, 0.15) is 16.7 Å². The zero-order valence-corrected chi connectivity index (χ0v) is 14.5. The van der Waals surface area contributed by atoms with Gasteiger partial charge in [-0.1, -0.05) is 29.8 Å². The van der Waals surface area contributed by atoms with Crippen molar-refractivity contribution >= 4 is 27.1 Å². The van der Waals surface area contributed by atoms with Gasteiger partial charge in [-0.2, -0.15) is 0 Å². The van der Waals surface area contributed by atoms with Crippen LogP contribution in [0.3, 0.4) is 0 Å². The van der Waals surface area contributed by atoms with Crippen LogP contribution in [0.25, 0.3) is 0 Å². The van der Waals surface area contributed by atoms with Crippen molar-refractivity contribution in [2.45, 2.75) is 30.6 Å². The summed E-state index contributed by atoms with van der Waals surface area (Å²) >= 11 is 0. The Bertz CT molecular complexity index is 1040. The number of benzene rings is 2. The summed E-state index contributed by atoms with van der Waals surface area (Å²) in [5, 5.41) is 0. The van der Waals surface area contributed by atoms with Gasteiger partial charge in [0.15, 0.2) is 0 Å². The zero-order chi connectivity index (χ0) is 17.1. The summed E-state index contributed by atoms with van der Waals surface area (Å²) in [6, 6.07) is 12.8. The van der Waals surface area contributed by atoms with Crippen LogP contribution in [0.2, 0.25) is 0 Å². The highest BCUT2D eigenvalue weighted by atomic mass is 32.2. The maximum absolute atomic E-state index is 12.9. The van der Waals surface area contributed by atoms with E-state index in [0.29, 0.717) is 16.5 Å². The fourth-order valence-electron chi connectivity index (χ4n) is 3.50. The molecule has 4 nitrogen and oxygen atoms in total. The second kappa shape index (κ2) is 4.98. The van der Waals surface area contributed by atoms with Crippen LogP contribution in [-0.2, 0) is 9.84 Å². The lowest BCUT2D eigenvalue weighted by Crippen LogP contribution is -2.22. The van der Waals surface area contributed by atoms with Crippen LogP contribution >= 0.6 is 0 Å². The number of anilines is 3. The summed E-state index contributed by atoms with van der Waals surface area (Å²) in [7, 11) is -3.57. The molecule has 0 unspecified atom stereocenters. The molecule has 0 saturated carbocycles. The first kappa shape index (κ1) is 15.0. The minimum absolute atomic E-state index is 0.209. The summed E-state index contributed by atoms with van der Waals surface area (Å²) in [5.74, 6) is 0.351. The molecule has 0 saturated heterocycles. The minimum Gasteiger partial charge on any atom is -0.447 e. The number of nitrogens with zero attached hydrogens (tertiary/aromatic N) is 1. The average Bonchev–Trinajstić information content (AvgIpc) is 3.00. The molecule has 122 valence electrons. The summed E-state index contributed by atoms with van der Waals surface area (Å²) in [5.41, 5.74) is 4.90. The Morgan fingerprint density at radius 2 is 1.58 bits per heavy atom. The molecule has 3 aromatic rings. The van der Waals surface area contributed by atoms with Crippen molar-refractivity contribution in [1.82, 2.24) is 0 Å². The Morgan fingerprint density at radius 3 is 2.29 bits per heavy atom. The fraction of sp³-hybridized carbons (Fsp3) is 0.158. The number of hydrogen-bond acceptors (Lipinski definition) is 4. The molecule has 0 aliphatic carbocycles. The monoisotopic (exact) mass is 339 g/mol. The Kier molecular flexibility index (Phi) is 3.12. The van der Waals surface area contributed by atoms with Crippen LogP contribution in [0.4, 0.5) is 17.3 Å². The number of fused-ring (bicyclic) bond motifs is 2. The van der Waals surface area contributed by atoms with Gasteiger partial charge in [0.05, 0.1) is 22.5 Å². The SMILES string of the molecule is Cc1cc(C)c(N2c3ccccc3S(=O)(=O)c3ccoc32)c(C)c1. The molecule has 0 fully saturated rings. The van der Waals surface area contributed by atoms with E-state index in [4.69, 9.17) is 4.42 Å². The Balaban J connectivity index is 2.10. The van der Waals surface area contributed by atoms with Crippen LogP contribution in [0.15, 0.2) is 62.9 Å². The molecule has 0 atom stereocenters. The van der Waals surface area contributed by atoms with E-state index in [1.54, 1.807) is 12.1 Å². The van der Waals surface area contributed by atoms with E-state index in [2.05, 4.69) is 19.1 Å². The summed E-state index contributed by atoms with van der Waals surface area (Å²) in [4.78, 5) is 2.43. The Labute approximate surface area is 141 Å². The third-order valence-electron chi connectivity index (χ3n) is 4.36. The average molecular weight is 339 g/mol. The van der Waals surface area contributed by atoms with E-state index in [1.165, 1.54) is 17.9 Å². The van der Waals surface area contributed by atoms with E-state index in [0.717, 1.165) is 16.8 Å². The molecule has 0 spiro atoms. The van der Waals surface area contributed by atoms with Crippen molar-refractivity contribution < 1.29 is 12.8 Å². The molecule has 4 rings (SSSR count). The molecule has 2 heterocycles. The van der Waals surface area contributed by atoms with Gasteiger partial charge in [-0.15, -0.1) is 0 Å². The maximum atomic E-state index is 12.9. The van der Waals surface area contributed by atoms with Crippen molar-refractivity contribution in [3.63, 3.8) is 0 Å². The lowest BCUT2D eigenvalue weighted by molar-refractivity contribution is 0.558. The van der Waals surface area contributed by atoms with E-state index < -0.39 is 9.84 Å². The second-order valence-electron chi connectivity index (χ2n) is 6.14. The molecule has 1 aromatic heterocycles.